The number of hydrogen-bond donors (Lipinski definition) is 0. The molecule has 0 spiro atoms. The van der Waals surface area contributed by atoms with E-state index in [1.807, 2.05) is 62.7 Å². The van der Waals surface area contributed by atoms with Crippen LogP contribution < -0.4 is 0 Å². The predicted octanol–water partition coefficient (Wildman–Crippen LogP) is 6.07. The maximum atomic E-state index is 14.4. The molecular formula is C34H46FN5O3. The number of carbonyl (C=O) groups excluding carboxylic acids is 2. The molecule has 4 heterocycles. The molecular weight excluding hydrogens is 545 g/mol. The number of hydrogen-bond acceptors (Lipinski definition) is 5. The molecule has 1 unspecified atom stereocenters. The lowest BCUT2D eigenvalue weighted by Crippen LogP contribution is -2.36. The van der Waals surface area contributed by atoms with Gasteiger partial charge in [0.1, 0.15) is 11.4 Å². The van der Waals surface area contributed by atoms with E-state index in [-0.39, 0.29) is 18.0 Å². The van der Waals surface area contributed by atoms with Gasteiger partial charge in [-0.15, -0.1) is 0 Å². The van der Waals surface area contributed by atoms with Crippen molar-refractivity contribution in [1.82, 2.24) is 24.3 Å². The highest BCUT2D eigenvalue weighted by atomic mass is 19.1. The molecule has 9 heteroatoms. The number of fused-ring (bicyclic) bond motifs is 1. The number of benzene rings is 1. The number of likely N-dealkylation sites (tertiary alicyclic amines) is 2. The van der Waals surface area contributed by atoms with Crippen LogP contribution in [-0.4, -0.2) is 87.7 Å². The summed E-state index contributed by atoms with van der Waals surface area (Å²) in [6.45, 7) is 16.3. The number of ether oxygens (including phenoxy) is 1. The lowest BCUT2D eigenvalue weighted by molar-refractivity contribution is 0.0285. The Balaban J connectivity index is 1.29. The first-order chi connectivity index (χ1) is 20.3. The average Bonchev–Trinajstić information content (AvgIpc) is 3.67. The summed E-state index contributed by atoms with van der Waals surface area (Å²) in [5.41, 5.74) is 3.74. The van der Waals surface area contributed by atoms with Crippen molar-refractivity contribution in [3.63, 3.8) is 0 Å². The van der Waals surface area contributed by atoms with Gasteiger partial charge in [-0.25, -0.2) is 9.18 Å². The second-order valence-electron chi connectivity index (χ2n) is 13.7. The van der Waals surface area contributed by atoms with Crippen LogP contribution in [0, 0.1) is 24.6 Å². The zero-order valence-corrected chi connectivity index (χ0v) is 26.7. The first-order valence-electron chi connectivity index (χ1n) is 15.5. The molecule has 1 aromatic carbocycles. The molecule has 43 heavy (non-hydrogen) atoms. The van der Waals surface area contributed by atoms with Gasteiger partial charge in [-0.05, 0) is 109 Å². The van der Waals surface area contributed by atoms with Gasteiger partial charge in [-0.2, -0.15) is 0 Å². The van der Waals surface area contributed by atoms with Gasteiger partial charge in [0.15, 0.2) is 0 Å². The van der Waals surface area contributed by atoms with E-state index in [9.17, 15) is 14.0 Å². The third kappa shape index (κ3) is 6.87. The van der Waals surface area contributed by atoms with Gasteiger partial charge in [-0.3, -0.25) is 9.78 Å². The molecule has 2 fully saturated rings. The van der Waals surface area contributed by atoms with E-state index in [0.29, 0.717) is 23.1 Å². The van der Waals surface area contributed by atoms with Gasteiger partial charge in [0, 0.05) is 57.0 Å². The normalized spacial score (nSPS) is 19.5. The van der Waals surface area contributed by atoms with Crippen LogP contribution in [0.5, 0.6) is 0 Å². The van der Waals surface area contributed by atoms with Crippen LogP contribution in [-0.2, 0) is 11.2 Å². The van der Waals surface area contributed by atoms with Crippen LogP contribution >= 0.6 is 0 Å². The molecule has 2 aliphatic rings. The molecule has 2 aromatic heterocycles. The highest BCUT2D eigenvalue weighted by Gasteiger charge is 2.33. The highest BCUT2D eigenvalue weighted by Crippen LogP contribution is 2.32. The zero-order valence-electron chi connectivity index (χ0n) is 26.7. The van der Waals surface area contributed by atoms with Crippen molar-refractivity contribution in [3.05, 3.63) is 59.3 Å². The van der Waals surface area contributed by atoms with E-state index in [0.717, 1.165) is 68.5 Å². The summed E-state index contributed by atoms with van der Waals surface area (Å²) in [4.78, 5) is 36.5. The quantitative estimate of drug-likeness (QED) is 0.333. The first-order valence-corrected chi connectivity index (χ1v) is 15.5. The molecule has 2 saturated heterocycles. The molecule has 2 amide bonds. The third-order valence-corrected chi connectivity index (χ3v) is 8.86. The van der Waals surface area contributed by atoms with E-state index in [1.165, 1.54) is 17.7 Å². The van der Waals surface area contributed by atoms with Crippen molar-refractivity contribution in [3.8, 4) is 5.69 Å². The van der Waals surface area contributed by atoms with Gasteiger partial charge in [0.05, 0.1) is 23.0 Å². The van der Waals surface area contributed by atoms with E-state index in [1.54, 1.807) is 18.0 Å². The van der Waals surface area contributed by atoms with Crippen molar-refractivity contribution in [2.45, 2.75) is 72.4 Å². The maximum absolute atomic E-state index is 14.4. The SMILES string of the molecule is Cc1cn(-c2ccc(F)cc2C(=O)N(C)C(C)C)c2cncc(CC3CCN(C[C@H]4CCN(C(=O)OC(C)(C)C)C4)C3)c12. The molecule has 0 radical (unpaired) electrons. The van der Waals surface area contributed by atoms with Crippen LogP contribution in [0.25, 0.3) is 16.6 Å². The zero-order chi connectivity index (χ0) is 31.1. The lowest BCUT2D eigenvalue weighted by Gasteiger charge is -2.25. The number of rotatable bonds is 7. The van der Waals surface area contributed by atoms with Crippen molar-refractivity contribution in [2.24, 2.45) is 11.8 Å². The van der Waals surface area contributed by atoms with Crippen LogP contribution in [0.3, 0.4) is 0 Å². The lowest BCUT2D eigenvalue weighted by atomic mass is 9.96. The van der Waals surface area contributed by atoms with Crippen LogP contribution in [0.2, 0.25) is 0 Å². The van der Waals surface area contributed by atoms with Crippen molar-refractivity contribution in [1.29, 1.82) is 0 Å². The van der Waals surface area contributed by atoms with E-state index in [4.69, 9.17) is 4.74 Å². The second-order valence-corrected chi connectivity index (χ2v) is 13.7. The third-order valence-electron chi connectivity index (χ3n) is 8.86. The Morgan fingerprint density at radius 2 is 1.86 bits per heavy atom. The van der Waals surface area contributed by atoms with Crippen molar-refractivity contribution < 1.29 is 18.7 Å². The molecule has 2 aliphatic heterocycles. The molecule has 3 aromatic rings. The molecule has 2 atom stereocenters. The van der Waals surface area contributed by atoms with Crippen molar-refractivity contribution in [2.75, 3.05) is 39.8 Å². The standard InChI is InChI=1S/C34H46FN5O3/c1-22(2)37(7)32(41)28-15-27(35)8-9-29(28)40-18-23(3)31-26(16-36-17-30(31)40)14-24-10-12-38(19-24)20-25-11-13-39(21-25)33(42)43-34(4,5)6/h8-9,15-18,22,24-25H,10-14,19-21H2,1-7H3/t24?,25-/m1/s1. The molecule has 232 valence electrons. The molecule has 8 nitrogen and oxygen atoms in total. The second kappa shape index (κ2) is 12.3. The smallest absolute Gasteiger partial charge is 0.410 e. The van der Waals surface area contributed by atoms with Crippen LogP contribution in [0.4, 0.5) is 9.18 Å². The Hall–Kier alpha value is -3.46. The van der Waals surface area contributed by atoms with Gasteiger partial charge < -0.3 is 24.0 Å². The van der Waals surface area contributed by atoms with E-state index in [2.05, 4.69) is 16.8 Å². The topological polar surface area (TPSA) is 70.9 Å². The first kappa shape index (κ1) is 31.0. The Kier molecular flexibility index (Phi) is 8.84. The Morgan fingerprint density at radius 3 is 2.58 bits per heavy atom. The van der Waals surface area contributed by atoms with E-state index < -0.39 is 11.4 Å². The number of halogens is 1. The number of pyridine rings is 1. The number of nitrogens with zero attached hydrogens (tertiary/aromatic N) is 5. The largest absolute Gasteiger partial charge is 0.444 e. The van der Waals surface area contributed by atoms with E-state index >= 15 is 0 Å². The summed E-state index contributed by atoms with van der Waals surface area (Å²) < 4.78 is 21.9. The summed E-state index contributed by atoms with van der Waals surface area (Å²) in [7, 11) is 1.75. The summed E-state index contributed by atoms with van der Waals surface area (Å²) >= 11 is 0. The Morgan fingerprint density at radius 1 is 1.12 bits per heavy atom. The summed E-state index contributed by atoms with van der Waals surface area (Å²) in [5, 5.41) is 1.15. The van der Waals surface area contributed by atoms with Crippen LogP contribution in [0.15, 0.2) is 36.8 Å². The monoisotopic (exact) mass is 591 g/mol. The fourth-order valence-corrected chi connectivity index (χ4v) is 6.52. The predicted molar refractivity (Wildman–Crippen MR) is 167 cm³/mol. The number of amides is 2. The fraction of sp³-hybridized carbons (Fsp3) is 0.559. The van der Waals surface area contributed by atoms with Crippen LogP contribution in [0.1, 0.15) is 68.9 Å². The molecule has 0 bridgehead atoms. The average molecular weight is 592 g/mol. The summed E-state index contributed by atoms with van der Waals surface area (Å²) in [5.74, 6) is 0.337. The minimum absolute atomic E-state index is 0.0106. The minimum Gasteiger partial charge on any atom is -0.444 e. The number of aryl methyl sites for hydroxylation is 1. The molecule has 0 N–H and O–H groups in total. The summed E-state index contributed by atoms with van der Waals surface area (Å²) in [6, 6.07) is 4.41. The Bertz CT molecular complexity index is 1490. The highest BCUT2D eigenvalue weighted by molar-refractivity contribution is 5.99. The van der Waals surface area contributed by atoms with Crippen molar-refractivity contribution >= 4 is 22.9 Å². The molecule has 0 saturated carbocycles. The Labute approximate surface area is 254 Å². The van der Waals surface area contributed by atoms with Gasteiger partial charge in [-0.1, -0.05) is 0 Å². The number of carbonyl (C=O) groups is 2. The molecule has 5 rings (SSSR count). The minimum atomic E-state index is -0.475. The fourth-order valence-electron chi connectivity index (χ4n) is 6.52. The maximum Gasteiger partial charge on any atom is 0.410 e. The molecule has 0 aliphatic carbocycles. The van der Waals surface area contributed by atoms with Gasteiger partial charge in [0.2, 0.25) is 0 Å². The number of aromatic nitrogens is 2. The summed E-state index contributed by atoms with van der Waals surface area (Å²) in [6.07, 6.45) is 8.70. The van der Waals surface area contributed by atoms with Gasteiger partial charge in [0.25, 0.3) is 5.91 Å². The van der Waals surface area contributed by atoms with Gasteiger partial charge >= 0.3 is 6.09 Å².